The normalized spacial score (nSPS) is 13.8. The first-order valence-electron chi connectivity index (χ1n) is 7.60. The second-order valence-electron chi connectivity index (χ2n) is 6.00. The van der Waals surface area contributed by atoms with Crippen LogP contribution in [0.1, 0.15) is 11.1 Å². The van der Waals surface area contributed by atoms with Gasteiger partial charge < -0.3 is 0 Å². The molecule has 156 valence electrons. The highest BCUT2D eigenvalue weighted by Gasteiger charge is 2.64. The molecule has 29 heavy (non-hydrogen) atoms. The molecule has 1 unspecified atom stereocenters. The first-order valence-corrected chi connectivity index (χ1v) is 9.53. The Bertz CT molecular complexity index is 964. The Hall–Kier alpha value is -1.42. The Morgan fingerprint density at radius 3 is 2.10 bits per heavy atom. The summed E-state index contributed by atoms with van der Waals surface area (Å²) in [6.45, 7) is -1.79. The van der Waals surface area contributed by atoms with Crippen molar-refractivity contribution in [1.29, 1.82) is 0 Å². The molecule has 0 aromatic heterocycles. The predicted molar refractivity (Wildman–Crippen MR) is 104 cm³/mol. The monoisotopic (exact) mass is 535 g/mol. The van der Waals surface area contributed by atoms with E-state index in [1.807, 2.05) is 0 Å². The molecule has 0 amide bonds. The van der Waals surface area contributed by atoms with E-state index in [1.165, 1.54) is 0 Å². The first kappa shape index (κ1) is 23.9. The van der Waals surface area contributed by atoms with Crippen LogP contribution in [0.4, 0.5) is 17.6 Å². The quantitative estimate of drug-likeness (QED) is 0.185. The highest BCUT2D eigenvalue weighted by atomic mass is 79.9. The molecule has 2 rings (SSSR count). The van der Waals surface area contributed by atoms with Crippen LogP contribution in [-0.4, -0.2) is 23.4 Å². The first-order chi connectivity index (χ1) is 13.3. The molecule has 1 atom stereocenters. The van der Waals surface area contributed by atoms with Crippen molar-refractivity contribution in [3.8, 4) is 0 Å². The minimum absolute atomic E-state index is 0.0198. The zero-order chi connectivity index (χ0) is 22.1. The van der Waals surface area contributed by atoms with Crippen molar-refractivity contribution in [2.24, 2.45) is 0 Å². The zero-order valence-corrected chi connectivity index (χ0v) is 17.9. The Labute approximate surface area is 185 Å². The van der Waals surface area contributed by atoms with Gasteiger partial charge >= 0.3 is 6.18 Å². The molecule has 0 heterocycles. The van der Waals surface area contributed by atoms with Crippen molar-refractivity contribution in [1.82, 2.24) is 0 Å². The third-order valence-corrected chi connectivity index (χ3v) is 5.96. The number of halogens is 8. The molecule has 2 aromatic rings. The predicted octanol–water partition coefficient (Wildman–Crippen LogP) is 6.44. The molecule has 0 radical (unpaired) electrons. The fraction of sp³-hybridized carbons (Fsp3) is 0.235. The van der Waals surface area contributed by atoms with Crippen LogP contribution in [0.25, 0.3) is 0 Å². The maximum absolute atomic E-state index is 14.2. The molecular weight excluding hydrogens is 528 g/mol. The van der Waals surface area contributed by atoms with E-state index in [0.717, 1.165) is 30.3 Å². The molecular formula is C17H9BrCl3F4NO3. The molecule has 0 fully saturated rings. The van der Waals surface area contributed by atoms with Gasteiger partial charge in [0.2, 0.25) is 12.0 Å². The fourth-order valence-corrected chi connectivity index (χ4v) is 3.76. The van der Waals surface area contributed by atoms with E-state index in [-0.39, 0.29) is 15.1 Å². The standard InChI is InChI=1S/C17H9BrCl3F4NO3/c18-10-3-8(1-2-13(10)22)4-14(27)16(7-26(28)29,17(23,24)25)9-5-11(19)15(21)12(20)6-9/h1-3,5-6H,4,7H2. The number of Topliss-reactive ketones (excluding diaryl/α,β-unsaturated/α-hetero) is 1. The molecule has 0 saturated carbocycles. The second-order valence-corrected chi connectivity index (χ2v) is 8.04. The van der Waals surface area contributed by atoms with Crippen molar-refractivity contribution < 1.29 is 27.3 Å². The number of hydrogen-bond donors (Lipinski definition) is 0. The van der Waals surface area contributed by atoms with Gasteiger partial charge in [0.15, 0.2) is 5.78 Å². The van der Waals surface area contributed by atoms with Gasteiger partial charge in [0.1, 0.15) is 5.82 Å². The number of carbonyl (C=O) groups is 1. The average Bonchev–Trinajstić information content (AvgIpc) is 2.59. The molecule has 0 N–H and O–H groups in total. The van der Waals surface area contributed by atoms with Gasteiger partial charge in [-0.25, -0.2) is 4.39 Å². The summed E-state index contributed by atoms with van der Waals surface area (Å²) >= 11 is 20.2. The van der Waals surface area contributed by atoms with Gasteiger partial charge in [-0.2, -0.15) is 13.2 Å². The second kappa shape index (κ2) is 8.75. The number of hydrogen-bond acceptors (Lipinski definition) is 3. The molecule has 4 nitrogen and oxygen atoms in total. The topological polar surface area (TPSA) is 60.2 Å². The maximum atomic E-state index is 14.2. The summed E-state index contributed by atoms with van der Waals surface area (Å²) in [5.74, 6) is -2.22. The summed E-state index contributed by atoms with van der Waals surface area (Å²) in [4.78, 5) is 22.8. The van der Waals surface area contributed by atoms with Gasteiger partial charge in [0, 0.05) is 11.3 Å². The smallest absolute Gasteiger partial charge is 0.298 e. The SMILES string of the molecule is O=C(Cc1ccc(F)c(Br)c1)C(C[N+](=O)[O-])(c1cc(Cl)c(Cl)c(Cl)c1)C(F)(F)F. The van der Waals surface area contributed by atoms with Crippen LogP contribution in [0, 0.1) is 15.9 Å². The molecule has 0 saturated heterocycles. The summed E-state index contributed by atoms with van der Waals surface area (Å²) in [7, 11) is 0. The van der Waals surface area contributed by atoms with Crippen molar-refractivity contribution in [3.63, 3.8) is 0 Å². The van der Waals surface area contributed by atoms with E-state index in [9.17, 15) is 32.5 Å². The number of alkyl halides is 3. The van der Waals surface area contributed by atoms with Crippen LogP contribution in [0.3, 0.4) is 0 Å². The lowest BCUT2D eigenvalue weighted by Crippen LogP contribution is -2.54. The number of rotatable bonds is 6. The molecule has 12 heteroatoms. The van der Waals surface area contributed by atoms with Gasteiger partial charge in [-0.3, -0.25) is 14.9 Å². The lowest BCUT2D eigenvalue weighted by atomic mass is 9.74. The van der Waals surface area contributed by atoms with Gasteiger partial charge in [-0.15, -0.1) is 0 Å². The number of ketones is 1. The Morgan fingerprint density at radius 1 is 1.10 bits per heavy atom. The molecule has 0 aliphatic carbocycles. The lowest BCUT2D eigenvalue weighted by Gasteiger charge is -2.32. The summed E-state index contributed by atoms with van der Waals surface area (Å²) in [6.07, 6.45) is -6.22. The summed E-state index contributed by atoms with van der Waals surface area (Å²) < 4.78 is 55.8. The third-order valence-electron chi connectivity index (χ3n) is 4.15. The van der Waals surface area contributed by atoms with Crippen LogP contribution in [0.5, 0.6) is 0 Å². The van der Waals surface area contributed by atoms with Crippen molar-refractivity contribution >= 4 is 56.5 Å². The van der Waals surface area contributed by atoms with E-state index < -0.39 is 56.7 Å². The Morgan fingerprint density at radius 2 is 1.66 bits per heavy atom. The van der Waals surface area contributed by atoms with Crippen LogP contribution in [0.15, 0.2) is 34.8 Å². The van der Waals surface area contributed by atoms with Gasteiger partial charge in [-0.1, -0.05) is 40.9 Å². The maximum Gasteiger partial charge on any atom is 0.411 e. The number of nitrogens with zero attached hydrogens (tertiary/aromatic N) is 1. The van der Waals surface area contributed by atoms with Crippen molar-refractivity contribution in [3.05, 3.63) is 76.9 Å². The van der Waals surface area contributed by atoms with E-state index in [2.05, 4.69) is 15.9 Å². The van der Waals surface area contributed by atoms with E-state index in [4.69, 9.17) is 34.8 Å². The lowest BCUT2D eigenvalue weighted by molar-refractivity contribution is -0.497. The van der Waals surface area contributed by atoms with E-state index in [0.29, 0.717) is 0 Å². The van der Waals surface area contributed by atoms with Crippen LogP contribution < -0.4 is 0 Å². The van der Waals surface area contributed by atoms with Crippen LogP contribution in [0.2, 0.25) is 15.1 Å². The highest BCUT2D eigenvalue weighted by Crippen LogP contribution is 2.46. The molecule has 0 aliphatic rings. The van der Waals surface area contributed by atoms with Crippen LogP contribution in [-0.2, 0) is 16.6 Å². The van der Waals surface area contributed by atoms with E-state index >= 15 is 0 Å². The largest absolute Gasteiger partial charge is 0.411 e. The number of benzene rings is 2. The molecule has 0 aliphatic heterocycles. The number of nitro groups is 1. The van der Waals surface area contributed by atoms with E-state index in [1.54, 1.807) is 0 Å². The van der Waals surface area contributed by atoms with Gasteiger partial charge in [0.05, 0.1) is 19.5 Å². The number of carbonyl (C=O) groups excluding carboxylic acids is 1. The minimum atomic E-state index is -5.37. The zero-order valence-electron chi connectivity index (χ0n) is 14.0. The summed E-state index contributed by atoms with van der Waals surface area (Å²) in [5.41, 5.74) is -4.34. The van der Waals surface area contributed by atoms with Crippen LogP contribution >= 0.6 is 50.7 Å². The highest BCUT2D eigenvalue weighted by molar-refractivity contribution is 9.10. The van der Waals surface area contributed by atoms with Crippen molar-refractivity contribution in [2.75, 3.05) is 6.54 Å². The van der Waals surface area contributed by atoms with Gasteiger partial charge in [-0.05, 0) is 51.3 Å². The summed E-state index contributed by atoms with van der Waals surface area (Å²) in [5, 5.41) is 10.1. The average molecular weight is 538 g/mol. The van der Waals surface area contributed by atoms with Gasteiger partial charge in [0.25, 0.3) is 0 Å². The molecule has 0 spiro atoms. The molecule has 0 bridgehead atoms. The Kier molecular flexibility index (Phi) is 7.20. The summed E-state index contributed by atoms with van der Waals surface area (Å²) in [6, 6.07) is 4.62. The third kappa shape index (κ3) is 4.84. The fourth-order valence-electron chi connectivity index (χ4n) is 2.73. The molecule has 2 aromatic carbocycles. The Balaban J connectivity index is 2.70. The van der Waals surface area contributed by atoms with Crippen molar-refractivity contribution in [2.45, 2.75) is 18.0 Å². The minimum Gasteiger partial charge on any atom is -0.298 e.